The SMILES string of the molecule is CC(C)(C)c1ccc2[cH-]c3ccc(C(C)(C)C)cc3c2c1.Clc1ccc([C](=[Zr+2])c2ccc(Cl)c3ccccc23)c2ccccc12.[C-]1=CC=CC1. The third-order valence-electron chi connectivity index (χ3n) is 9.31. The number of fused-ring (bicyclic) bond motifs is 5. The molecule has 0 amide bonds. The average Bonchev–Trinajstić information content (AvgIpc) is 3.80. The standard InChI is InChI=1S/C21H12Cl2.C21H25.C5H5.Zr/c22-20-11-9-14(16-5-1-3-7-18(16)20)13-15-10-12-21(23)19-8-4-2-6-17(15)19;1-20(2,3)16-9-7-14-11-15-8-10-17(21(4,5)6)13-19(15)18(14)12-16;1-2-4-5-3-1;/h1-12H;7-13H,1-6H3;1-3H,4H2;/q;2*-1;+2. The first-order chi connectivity index (χ1) is 23.8. The van der Waals surface area contributed by atoms with Crippen LogP contribution in [0.25, 0.3) is 43.1 Å². The molecule has 0 atom stereocenters. The van der Waals surface area contributed by atoms with E-state index in [0.29, 0.717) is 0 Å². The normalized spacial score (nSPS) is 12.7. The fraction of sp³-hybridized carbons (Fsp3) is 0.191. The van der Waals surface area contributed by atoms with Gasteiger partial charge in [0.2, 0.25) is 0 Å². The molecule has 7 aromatic rings. The van der Waals surface area contributed by atoms with Gasteiger partial charge < -0.3 is 0 Å². The molecule has 248 valence electrons. The average molecular weight is 769 g/mol. The predicted molar refractivity (Wildman–Crippen MR) is 217 cm³/mol. The van der Waals surface area contributed by atoms with E-state index in [1.54, 1.807) is 0 Å². The van der Waals surface area contributed by atoms with Crippen LogP contribution in [-0.2, 0) is 35.1 Å². The summed E-state index contributed by atoms with van der Waals surface area (Å²) in [5, 5.41) is 11.6. The Labute approximate surface area is 322 Å². The molecule has 50 heavy (non-hydrogen) atoms. The van der Waals surface area contributed by atoms with Crippen LogP contribution in [-0.4, -0.2) is 3.21 Å². The van der Waals surface area contributed by atoms with Crippen LogP contribution in [0.1, 0.15) is 70.2 Å². The Morgan fingerprint density at radius 1 is 0.580 bits per heavy atom. The maximum Gasteiger partial charge on any atom is -0.109 e. The molecule has 0 saturated carbocycles. The van der Waals surface area contributed by atoms with Crippen molar-refractivity contribution in [1.29, 1.82) is 0 Å². The van der Waals surface area contributed by atoms with E-state index in [9.17, 15) is 0 Å². The summed E-state index contributed by atoms with van der Waals surface area (Å²) in [6.07, 6.45) is 10.0. The Balaban J connectivity index is 0.000000153. The summed E-state index contributed by atoms with van der Waals surface area (Å²) in [4.78, 5) is 0. The molecule has 0 N–H and O–H groups in total. The van der Waals surface area contributed by atoms with Gasteiger partial charge in [0.05, 0.1) is 0 Å². The van der Waals surface area contributed by atoms with E-state index in [1.165, 1.54) is 82.0 Å². The third-order valence-corrected chi connectivity index (χ3v) is 11.3. The van der Waals surface area contributed by atoms with E-state index in [0.717, 1.165) is 27.2 Å². The molecule has 1 aliphatic carbocycles. The minimum Gasteiger partial charge on any atom is -0.273 e. The van der Waals surface area contributed by atoms with Gasteiger partial charge in [-0.3, -0.25) is 6.08 Å². The van der Waals surface area contributed by atoms with E-state index in [2.05, 4.69) is 145 Å². The van der Waals surface area contributed by atoms with Gasteiger partial charge in [-0.1, -0.05) is 76.9 Å². The molecule has 0 aliphatic heterocycles. The van der Waals surface area contributed by atoms with Crippen molar-refractivity contribution in [1.82, 2.24) is 0 Å². The molecule has 1 aliphatic rings. The van der Waals surface area contributed by atoms with Gasteiger partial charge in [-0.15, -0.1) is 46.2 Å². The Morgan fingerprint density at radius 3 is 1.38 bits per heavy atom. The van der Waals surface area contributed by atoms with Crippen molar-refractivity contribution in [2.24, 2.45) is 0 Å². The molecule has 0 saturated heterocycles. The third kappa shape index (κ3) is 7.87. The van der Waals surface area contributed by atoms with Gasteiger partial charge in [-0.25, -0.2) is 12.2 Å². The van der Waals surface area contributed by atoms with Crippen molar-refractivity contribution in [3.63, 3.8) is 0 Å². The second kappa shape index (κ2) is 15.0. The van der Waals surface area contributed by atoms with Crippen molar-refractivity contribution >= 4 is 69.5 Å². The van der Waals surface area contributed by atoms with Crippen LogP contribution in [0.2, 0.25) is 10.0 Å². The predicted octanol–water partition coefficient (Wildman–Crippen LogP) is 14.0. The van der Waals surface area contributed by atoms with Crippen LogP contribution in [0, 0.1) is 6.08 Å². The summed E-state index contributed by atoms with van der Waals surface area (Å²) in [6, 6.07) is 41.0. The molecule has 7 aromatic carbocycles. The summed E-state index contributed by atoms with van der Waals surface area (Å²) < 4.78 is 1.31. The molecule has 0 bridgehead atoms. The van der Waals surface area contributed by atoms with Crippen molar-refractivity contribution in [2.45, 2.75) is 58.8 Å². The van der Waals surface area contributed by atoms with Crippen molar-refractivity contribution < 1.29 is 24.2 Å². The minimum absolute atomic E-state index is 0.194. The summed E-state index contributed by atoms with van der Waals surface area (Å²) in [5.41, 5.74) is 5.67. The minimum atomic E-state index is 0.194. The van der Waals surface area contributed by atoms with Crippen LogP contribution in [0.15, 0.2) is 133 Å². The fourth-order valence-electron chi connectivity index (χ4n) is 6.38. The number of allylic oxidation sites excluding steroid dienone is 4. The zero-order chi connectivity index (χ0) is 35.6. The number of hydrogen-bond donors (Lipinski definition) is 0. The second-order valence-electron chi connectivity index (χ2n) is 14.9. The monoisotopic (exact) mass is 766 g/mol. The molecule has 0 radical (unpaired) electrons. The van der Waals surface area contributed by atoms with E-state index in [4.69, 9.17) is 23.2 Å². The maximum absolute atomic E-state index is 6.38. The number of halogens is 2. The molecule has 3 heteroatoms. The zero-order valence-corrected chi connectivity index (χ0v) is 33.6. The first kappa shape index (κ1) is 36.3. The first-order valence-corrected chi connectivity index (χ1v) is 19.1. The van der Waals surface area contributed by atoms with E-state index in [-0.39, 0.29) is 10.8 Å². The molecule has 0 nitrogen and oxygen atoms in total. The summed E-state index contributed by atoms with van der Waals surface area (Å²) >= 11 is 14.1. The van der Waals surface area contributed by atoms with Crippen LogP contribution < -0.4 is 0 Å². The Hall–Kier alpha value is -3.48. The van der Waals surface area contributed by atoms with Gasteiger partial charge in [0.25, 0.3) is 0 Å². The molecule has 0 fully saturated rings. The van der Waals surface area contributed by atoms with Crippen molar-refractivity contribution in [3.8, 4) is 0 Å². The van der Waals surface area contributed by atoms with Gasteiger partial charge in [0, 0.05) is 0 Å². The Bertz CT molecular complexity index is 2240. The first-order valence-electron chi connectivity index (χ1n) is 17.1. The van der Waals surface area contributed by atoms with Gasteiger partial charge >= 0.3 is 166 Å². The molecule has 0 unspecified atom stereocenters. The molecular weight excluding hydrogens is 727 g/mol. The number of benzene rings is 6. The van der Waals surface area contributed by atoms with E-state index < -0.39 is 0 Å². The molecule has 0 heterocycles. The molecule has 0 spiro atoms. The summed E-state index contributed by atoms with van der Waals surface area (Å²) in [6.45, 7) is 13.7. The van der Waals surface area contributed by atoms with Gasteiger partial charge in [0.15, 0.2) is 0 Å². The van der Waals surface area contributed by atoms with Gasteiger partial charge in [0.1, 0.15) is 0 Å². The number of hydrogen-bond acceptors (Lipinski definition) is 0. The van der Waals surface area contributed by atoms with Crippen molar-refractivity contribution in [2.75, 3.05) is 0 Å². The van der Waals surface area contributed by atoms with Gasteiger partial charge in [-0.2, -0.15) is 6.08 Å². The van der Waals surface area contributed by atoms with Crippen LogP contribution in [0.4, 0.5) is 0 Å². The molecule has 8 rings (SSSR count). The van der Waals surface area contributed by atoms with Crippen molar-refractivity contribution in [3.05, 3.63) is 172 Å². The van der Waals surface area contributed by atoms with Gasteiger partial charge in [-0.05, 0) is 10.8 Å². The number of rotatable bonds is 2. The Morgan fingerprint density at radius 2 is 1.02 bits per heavy atom. The molecule has 0 aromatic heterocycles. The second-order valence-corrected chi connectivity index (χ2v) is 17.0. The Kier molecular flexibility index (Phi) is 10.9. The van der Waals surface area contributed by atoms with Crippen LogP contribution >= 0.6 is 23.2 Å². The topological polar surface area (TPSA) is 0 Å². The van der Waals surface area contributed by atoms with E-state index in [1.807, 2.05) is 36.4 Å². The summed E-state index contributed by atoms with van der Waals surface area (Å²) in [5.74, 6) is 0. The zero-order valence-electron chi connectivity index (χ0n) is 29.7. The van der Waals surface area contributed by atoms with Crippen LogP contribution in [0.3, 0.4) is 0 Å². The quantitative estimate of drug-likeness (QED) is 0.154. The fourth-order valence-corrected chi connectivity index (χ4v) is 7.90. The maximum atomic E-state index is 6.38. The molecular formula is C47H42Cl2Zr. The van der Waals surface area contributed by atoms with Crippen LogP contribution in [0.5, 0.6) is 0 Å². The van der Waals surface area contributed by atoms with E-state index >= 15 is 0 Å². The largest absolute Gasteiger partial charge is 0.273 e. The smallest absolute Gasteiger partial charge is 0.109 e. The summed E-state index contributed by atoms with van der Waals surface area (Å²) in [7, 11) is 0.